The van der Waals surface area contributed by atoms with Gasteiger partial charge >= 0.3 is 0 Å². The van der Waals surface area contributed by atoms with E-state index in [1.54, 1.807) is 12.1 Å². The Morgan fingerprint density at radius 2 is 1.97 bits per heavy atom. The van der Waals surface area contributed by atoms with Gasteiger partial charge in [0, 0.05) is 44.9 Å². The number of ether oxygens (including phenoxy) is 1. The SMILES string of the molecule is C=CO.CNC.O=Cc1cc(-c2cc(C3COC4(CC4)C[N-]3)cc(Cl)n2)cc(F)n1.[W]. The number of carbonyl (C=O) groups excluding carboxylic acids is 1. The van der Waals surface area contributed by atoms with Gasteiger partial charge in [-0.2, -0.15) is 4.39 Å². The predicted octanol–water partition coefficient (Wildman–Crippen LogP) is 4.25. The Balaban J connectivity index is 0.000000620. The number of hydrogen-bond acceptors (Lipinski definition) is 6. The molecule has 31 heavy (non-hydrogen) atoms. The molecule has 10 heteroatoms. The first kappa shape index (κ1) is 27.3. The van der Waals surface area contributed by atoms with Crippen molar-refractivity contribution in [2.45, 2.75) is 24.5 Å². The molecule has 0 aromatic carbocycles. The molecule has 0 amide bonds. The van der Waals surface area contributed by atoms with Crippen molar-refractivity contribution in [2.75, 3.05) is 27.2 Å². The summed E-state index contributed by atoms with van der Waals surface area (Å²) < 4.78 is 19.5. The summed E-state index contributed by atoms with van der Waals surface area (Å²) >= 11 is 6.13. The van der Waals surface area contributed by atoms with Gasteiger partial charge in [0.05, 0.1) is 12.0 Å². The summed E-state index contributed by atoms with van der Waals surface area (Å²) in [5.41, 5.74) is 1.77. The molecule has 7 nitrogen and oxygen atoms in total. The maximum Gasteiger partial charge on any atom is 0.214 e. The van der Waals surface area contributed by atoms with Crippen molar-refractivity contribution in [1.29, 1.82) is 0 Å². The Morgan fingerprint density at radius 1 is 1.32 bits per heavy atom. The van der Waals surface area contributed by atoms with Crippen molar-refractivity contribution in [2.24, 2.45) is 0 Å². The van der Waals surface area contributed by atoms with Crippen LogP contribution in [0.2, 0.25) is 5.15 Å². The van der Waals surface area contributed by atoms with Crippen LogP contribution in [-0.4, -0.2) is 54.2 Å². The average Bonchev–Trinajstić information content (AvgIpc) is 3.47. The van der Waals surface area contributed by atoms with Gasteiger partial charge in [-0.05, 0) is 45.1 Å². The van der Waals surface area contributed by atoms with Crippen molar-refractivity contribution < 1.29 is 40.1 Å². The second-order valence-corrected chi connectivity index (χ2v) is 7.25. The van der Waals surface area contributed by atoms with Crippen molar-refractivity contribution in [1.82, 2.24) is 15.3 Å². The van der Waals surface area contributed by atoms with Gasteiger partial charge in [-0.15, -0.1) is 6.54 Å². The van der Waals surface area contributed by atoms with E-state index >= 15 is 0 Å². The van der Waals surface area contributed by atoms with Crippen LogP contribution in [0.25, 0.3) is 16.6 Å². The summed E-state index contributed by atoms with van der Waals surface area (Å²) in [6.45, 7) is 4.11. The van der Waals surface area contributed by atoms with E-state index in [-0.39, 0.29) is 43.6 Å². The third kappa shape index (κ3) is 8.05. The number of carbonyl (C=O) groups is 1. The van der Waals surface area contributed by atoms with E-state index in [0.717, 1.165) is 24.7 Å². The van der Waals surface area contributed by atoms with Crippen LogP contribution >= 0.6 is 11.6 Å². The molecule has 2 N–H and O–H groups in total. The van der Waals surface area contributed by atoms with Crippen LogP contribution in [0, 0.1) is 5.95 Å². The number of aromatic nitrogens is 2. The van der Waals surface area contributed by atoms with Gasteiger partial charge in [0.25, 0.3) is 0 Å². The number of aliphatic hydroxyl groups is 1. The van der Waals surface area contributed by atoms with E-state index in [2.05, 4.69) is 27.2 Å². The van der Waals surface area contributed by atoms with Crippen molar-refractivity contribution in [3.05, 3.63) is 64.8 Å². The first-order chi connectivity index (χ1) is 14.4. The molecule has 4 rings (SSSR count). The molecule has 2 aliphatic rings. The van der Waals surface area contributed by atoms with Gasteiger partial charge in [0.2, 0.25) is 5.95 Å². The summed E-state index contributed by atoms with van der Waals surface area (Å²) in [6, 6.07) is 6.13. The van der Waals surface area contributed by atoms with Crippen LogP contribution in [0.3, 0.4) is 0 Å². The summed E-state index contributed by atoms with van der Waals surface area (Å²) in [5.74, 6) is -0.737. The predicted molar refractivity (Wildman–Crippen MR) is 115 cm³/mol. The number of halogens is 2. The molecule has 1 aliphatic heterocycles. The molecule has 1 saturated carbocycles. The number of hydrogen-bond donors (Lipinski definition) is 2. The summed E-state index contributed by atoms with van der Waals surface area (Å²) in [5, 5.41) is 15.1. The molecule has 0 radical (unpaired) electrons. The Labute approximate surface area is 200 Å². The van der Waals surface area contributed by atoms with Crippen molar-refractivity contribution in [3.63, 3.8) is 0 Å². The number of aliphatic hydroxyl groups excluding tert-OH is 1. The molecule has 2 aromatic rings. The third-order valence-electron chi connectivity index (χ3n) is 4.39. The summed E-state index contributed by atoms with van der Waals surface area (Å²) in [4.78, 5) is 18.6. The van der Waals surface area contributed by atoms with Gasteiger partial charge < -0.3 is 20.5 Å². The zero-order chi connectivity index (χ0) is 22.1. The number of pyridine rings is 2. The molecule has 1 aliphatic carbocycles. The van der Waals surface area contributed by atoms with Crippen molar-refractivity contribution >= 4 is 17.9 Å². The standard InChI is InChI=1S/C17H14ClFN3O2.C2H7N.C2H4O.W/c18-15-5-11(14-8-24-17(1-2-17)9-20-14)4-13(22-15)10-3-12(7-23)21-16(19)6-10;1-3-2;1-2-3;/h3-7,14H,1-2,8-9H2;3H,1-2H3;2-3H,1H2;/q-1;;;. The van der Waals surface area contributed by atoms with E-state index in [1.165, 1.54) is 12.1 Å². The van der Waals surface area contributed by atoms with E-state index < -0.39 is 5.95 Å². The number of morpholine rings is 1. The van der Waals surface area contributed by atoms with Gasteiger partial charge in [-0.3, -0.25) is 4.79 Å². The van der Waals surface area contributed by atoms with Crippen LogP contribution in [0.4, 0.5) is 4.39 Å². The normalized spacial score (nSPS) is 17.7. The molecule has 2 aromatic heterocycles. The molecular formula is C21H25ClFN4O3W-. The molecular weight excluding hydrogens is 595 g/mol. The zero-order valence-electron chi connectivity index (χ0n) is 17.3. The summed E-state index contributed by atoms with van der Waals surface area (Å²) in [6.07, 6.45) is 3.38. The fourth-order valence-corrected chi connectivity index (χ4v) is 3.07. The zero-order valence-corrected chi connectivity index (χ0v) is 21.0. The minimum atomic E-state index is -0.737. The number of aldehydes is 1. The molecule has 1 atom stereocenters. The van der Waals surface area contributed by atoms with Crippen LogP contribution < -0.4 is 5.32 Å². The molecule has 3 heterocycles. The maximum atomic E-state index is 13.6. The van der Waals surface area contributed by atoms with E-state index in [9.17, 15) is 9.18 Å². The number of nitrogens with zero attached hydrogens (tertiary/aromatic N) is 3. The molecule has 168 valence electrons. The first-order valence-corrected chi connectivity index (χ1v) is 9.73. The molecule has 1 saturated heterocycles. The van der Waals surface area contributed by atoms with Gasteiger partial charge in [-0.1, -0.05) is 29.8 Å². The summed E-state index contributed by atoms with van der Waals surface area (Å²) in [7, 11) is 3.75. The Bertz CT molecular complexity index is 874. The van der Waals surface area contributed by atoms with Crippen molar-refractivity contribution in [3.8, 4) is 11.3 Å². The van der Waals surface area contributed by atoms with Gasteiger partial charge in [0.1, 0.15) is 10.8 Å². The van der Waals surface area contributed by atoms with Crippen LogP contribution in [0.15, 0.2) is 37.1 Å². The molecule has 0 bridgehead atoms. The monoisotopic (exact) mass is 619 g/mol. The number of nitrogens with one attached hydrogen (secondary N) is 1. The Hall–Kier alpha value is -1.70. The van der Waals surface area contributed by atoms with Crippen LogP contribution in [-0.2, 0) is 25.8 Å². The van der Waals surface area contributed by atoms with Gasteiger partial charge in [0.15, 0.2) is 6.29 Å². The molecule has 1 unspecified atom stereocenters. The molecule has 2 fully saturated rings. The number of rotatable bonds is 3. The second-order valence-electron chi connectivity index (χ2n) is 6.86. The van der Waals surface area contributed by atoms with Gasteiger partial charge in [-0.25, -0.2) is 9.97 Å². The van der Waals surface area contributed by atoms with E-state index in [1.807, 2.05) is 14.1 Å². The topological polar surface area (TPSA) is 98.4 Å². The minimum absolute atomic E-state index is 0. The van der Waals surface area contributed by atoms with E-state index in [4.69, 9.17) is 21.4 Å². The van der Waals surface area contributed by atoms with Crippen LogP contribution in [0.5, 0.6) is 0 Å². The third-order valence-corrected chi connectivity index (χ3v) is 4.58. The maximum absolute atomic E-state index is 13.6. The fraction of sp³-hybridized carbons (Fsp3) is 0.381. The Kier molecular flexibility index (Phi) is 11.4. The minimum Gasteiger partial charge on any atom is -0.652 e. The second kappa shape index (κ2) is 13.0. The quantitative estimate of drug-likeness (QED) is 0.303. The largest absolute Gasteiger partial charge is 0.652 e. The fourth-order valence-electron chi connectivity index (χ4n) is 2.86. The van der Waals surface area contributed by atoms with Crippen LogP contribution in [0.1, 0.15) is 34.9 Å². The van der Waals surface area contributed by atoms with E-state index in [0.29, 0.717) is 30.7 Å². The smallest absolute Gasteiger partial charge is 0.214 e. The molecule has 1 spiro atoms. The first-order valence-electron chi connectivity index (χ1n) is 9.35. The average molecular weight is 620 g/mol. The Morgan fingerprint density at radius 3 is 2.48 bits per heavy atom.